The summed E-state index contributed by atoms with van der Waals surface area (Å²) in [5.74, 6) is 1.54. The topological polar surface area (TPSA) is 73.1 Å². The zero-order chi connectivity index (χ0) is 14.3. The van der Waals surface area contributed by atoms with Crippen LogP contribution in [0.1, 0.15) is 37.1 Å². The van der Waals surface area contributed by atoms with Gasteiger partial charge in [0.05, 0.1) is 4.90 Å². The maximum Gasteiger partial charge on any atom is 0.261 e. The van der Waals surface area contributed by atoms with E-state index in [0.29, 0.717) is 29.6 Å². The quantitative estimate of drug-likeness (QED) is 0.811. The third-order valence-electron chi connectivity index (χ3n) is 3.33. The van der Waals surface area contributed by atoms with Gasteiger partial charge in [0.25, 0.3) is 9.05 Å². The van der Waals surface area contributed by atoms with E-state index in [-0.39, 0.29) is 4.90 Å². The molecule has 0 amide bonds. The van der Waals surface area contributed by atoms with Crippen molar-refractivity contribution < 1.29 is 12.9 Å². The number of halogens is 1. The molecular weight excluding hydrogens is 300 g/mol. The van der Waals surface area contributed by atoms with Crippen LogP contribution in [0.25, 0.3) is 11.4 Å². The Morgan fingerprint density at radius 3 is 2.75 bits per heavy atom. The summed E-state index contributed by atoms with van der Waals surface area (Å²) in [6, 6.07) is 4.89. The summed E-state index contributed by atoms with van der Waals surface area (Å²) in [4.78, 5) is 4.49. The normalized spacial score (nSPS) is 15.5. The van der Waals surface area contributed by atoms with Gasteiger partial charge in [-0.3, -0.25) is 0 Å². The van der Waals surface area contributed by atoms with Crippen molar-refractivity contribution in [3.05, 3.63) is 29.7 Å². The van der Waals surface area contributed by atoms with Gasteiger partial charge in [-0.2, -0.15) is 4.98 Å². The zero-order valence-corrected chi connectivity index (χ0v) is 12.4. The minimum atomic E-state index is -3.73. The van der Waals surface area contributed by atoms with E-state index in [0.717, 1.165) is 18.4 Å². The molecule has 1 aliphatic rings. The van der Waals surface area contributed by atoms with Crippen molar-refractivity contribution in [2.45, 2.75) is 37.0 Å². The fourth-order valence-corrected chi connectivity index (χ4v) is 3.28. The highest BCUT2D eigenvalue weighted by Crippen LogP contribution is 2.39. The summed E-state index contributed by atoms with van der Waals surface area (Å²) in [6.07, 6.45) is 2.74. The molecular formula is C13H13ClN2O3S. The second-order valence-corrected chi connectivity index (χ2v) is 7.38. The third kappa shape index (κ3) is 2.58. The lowest BCUT2D eigenvalue weighted by Crippen LogP contribution is -1.98. The zero-order valence-electron chi connectivity index (χ0n) is 10.8. The molecule has 1 aromatic heterocycles. The van der Waals surface area contributed by atoms with Crippen LogP contribution in [0.2, 0.25) is 0 Å². The second kappa shape index (κ2) is 4.86. The molecule has 5 nitrogen and oxygen atoms in total. The summed E-state index contributed by atoms with van der Waals surface area (Å²) < 4.78 is 28.2. The van der Waals surface area contributed by atoms with Gasteiger partial charge >= 0.3 is 0 Å². The molecule has 106 valence electrons. The molecule has 1 aromatic carbocycles. The molecule has 1 saturated carbocycles. The van der Waals surface area contributed by atoms with Crippen molar-refractivity contribution in [3.8, 4) is 11.4 Å². The van der Waals surface area contributed by atoms with Gasteiger partial charge in [-0.15, -0.1) is 0 Å². The first-order valence-electron chi connectivity index (χ1n) is 6.40. The molecule has 0 saturated heterocycles. The molecule has 1 fully saturated rings. The van der Waals surface area contributed by atoms with Crippen LogP contribution in [0.15, 0.2) is 27.6 Å². The molecule has 0 aliphatic heterocycles. The van der Waals surface area contributed by atoms with Crippen LogP contribution in [0.3, 0.4) is 0 Å². The van der Waals surface area contributed by atoms with Crippen molar-refractivity contribution >= 4 is 19.7 Å². The first-order chi connectivity index (χ1) is 9.49. The summed E-state index contributed by atoms with van der Waals surface area (Å²) in [7, 11) is 1.68. The summed E-state index contributed by atoms with van der Waals surface area (Å²) in [6.45, 7) is 1.87. The van der Waals surface area contributed by atoms with Gasteiger partial charge in [0.2, 0.25) is 11.7 Å². The highest BCUT2D eigenvalue weighted by atomic mass is 35.7. The van der Waals surface area contributed by atoms with Crippen LogP contribution in [0.4, 0.5) is 0 Å². The molecule has 0 N–H and O–H groups in total. The van der Waals surface area contributed by atoms with Crippen LogP contribution in [-0.4, -0.2) is 18.6 Å². The van der Waals surface area contributed by atoms with E-state index in [2.05, 4.69) is 10.1 Å². The number of hydrogen-bond acceptors (Lipinski definition) is 5. The van der Waals surface area contributed by atoms with Gasteiger partial charge in [0, 0.05) is 22.2 Å². The van der Waals surface area contributed by atoms with E-state index in [1.54, 1.807) is 12.1 Å². The molecule has 0 radical (unpaired) electrons. The number of nitrogens with zero attached hydrogens (tertiary/aromatic N) is 2. The molecule has 1 aliphatic carbocycles. The molecule has 7 heteroatoms. The highest BCUT2D eigenvalue weighted by Gasteiger charge is 2.29. The first kappa shape index (κ1) is 13.6. The Kier molecular flexibility index (Phi) is 3.30. The predicted octanol–water partition coefficient (Wildman–Crippen LogP) is 3.10. The van der Waals surface area contributed by atoms with Crippen LogP contribution < -0.4 is 0 Å². The van der Waals surface area contributed by atoms with Crippen molar-refractivity contribution in [3.63, 3.8) is 0 Å². The van der Waals surface area contributed by atoms with E-state index in [1.807, 2.05) is 6.92 Å². The van der Waals surface area contributed by atoms with E-state index < -0.39 is 9.05 Å². The predicted molar refractivity (Wildman–Crippen MR) is 74.1 cm³/mol. The fourth-order valence-electron chi connectivity index (χ4n) is 2.08. The average Bonchev–Trinajstić information content (AvgIpc) is 3.15. The summed E-state index contributed by atoms with van der Waals surface area (Å²) >= 11 is 0. The monoisotopic (exact) mass is 312 g/mol. The highest BCUT2D eigenvalue weighted by molar-refractivity contribution is 8.13. The second-order valence-electron chi connectivity index (χ2n) is 4.84. The van der Waals surface area contributed by atoms with Crippen LogP contribution >= 0.6 is 10.7 Å². The Labute approximate surface area is 121 Å². The van der Waals surface area contributed by atoms with Crippen molar-refractivity contribution in [2.24, 2.45) is 0 Å². The van der Waals surface area contributed by atoms with Crippen molar-refractivity contribution in [1.29, 1.82) is 0 Å². The Morgan fingerprint density at radius 2 is 2.15 bits per heavy atom. The van der Waals surface area contributed by atoms with Gasteiger partial charge in [-0.1, -0.05) is 12.1 Å². The minimum Gasteiger partial charge on any atom is -0.339 e. The molecule has 0 atom stereocenters. The number of hydrogen-bond donors (Lipinski definition) is 0. The minimum absolute atomic E-state index is 0.135. The summed E-state index contributed by atoms with van der Waals surface area (Å²) in [5, 5.41) is 3.95. The Morgan fingerprint density at radius 1 is 1.40 bits per heavy atom. The van der Waals surface area contributed by atoms with Gasteiger partial charge in [-0.25, -0.2) is 8.42 Å². The fraction of sp³-hybridized carbons (Fsp3) is 0.385. The number of aromatic nitrogens is 2. The van der Waals surface area contributed by atoms with Gasteiger partial charge < -0.3 is 4.52 Å². The Bertz CT molecular complexity index is 751. The smallest absolute Gasteiger partial charge is 0.261 e. The molecule has 0 unspecified atom stereocenters. The number of benzene rings is 1. The van der Waals surface area contributed by atoms with Gasteiger partial charge in [0.15, 0.2) is 0 Å². The number of rotatable bonds is 4. The SMILES string of the molecule is CCc1cc(-c2noc(C3CC3)n2)ccc1S(=O)(=O)Cl. The molecule has 2 aromatic rings. The largest absolute Gasteiger partial charge is 0.339 e. The maximum atomic E-state index is 11.5. The lowest BCUT2D eigenvalue weighted by Gasteiger charge is -2.05. The molecule has 0 spiro atoms. The van der Waals surface area contributed by atoms with E-state index in [1.165, 1.54) is 6.07 Å². The van der Waals surface area contributed by atoms with E-state index in [4.69, 9.17) is 15.2 Å². The third-order valence-corrected chi connectivity index (χ3v) is 4.75. The average molecular weight is 313 g/mol. The molecule has 3 rings (SSSR count). The van der Waals surface area contributed by atoms with E-state index in [9.17, 15) is 8.42 Å². The van der Waals surface area contributed by atoms with Crippen LogP contribution in [0.5, 0.6) is 0 Å². The van der Waals surface area contributed by atoms with Gasteiger partial charge in [-0.05, 0) is 43.0 Å². The van der Waals surface area contributed by atoms with Crippen LogP contribution in [0, 0.1) is 0 Å². The first-order valence-corrected chi connectivity index (χ1v) is 8.71. The van der Waals surface area contributed by atoms with Gasteiger partial charge in [0.1, 0.15) is 0 Å². The lowest BCUT2D eigenvalue weighted by atomic mass is 10.1. The van der Waals surface area contributed by atoms with Crippen molar-refractivity contribution in [1.82, 2.24) is 10.1 Å². The van der Waals surface area contributed by atoms with Crippen molar-refractivity contribution in [2.75, 3.05) is 0 Å². The Hall–Kier alpha value is -1.40. The summed E-state index contributed by atoms with van der Waals surface area (Å²) in [5.41, 5.74) is 1.39. The lowest BCUT2D eigenvalue weighted by molar-refractivity contribution is 0.380. The molecule has 20 heavy (non-hydrogen) atoms. The standard InChI is InChI=1S/C13H13ClN2O3S/c1-2-8-7-10(5-6-11(8)20(14,17)18)12-15-13(19-16-12)9-3-4-9/h5-7,9H,2-4H2,1H3. The molecule has 0 bridgehead atoms. The Balaban J connectivity index is 2.01. The number of aryl methyl sites for hydroxylation is 1. The molecule has 1 heterocycles. The van der Waals surface area contributed by atoms with Crippen LogP contribution in [-0.2, 0) is 15.5 Å². The maximum absolute atomic E-state index is 11.5. The van der Waals surface area contributed by atoms with E-state index >= 15 is 0 Å².